The molecule has 0 bridgehead atoms. The second-order valence-corrected chi connectivity index (χ2v) is 6.58. The van der Waals surface area contributed by atoms with Gasteiger partial charge in [-0.3, -0.25) is 0 Å². The number of nitrogens with zero attached hydrogens (tertiary/aromatic N) is 3. The van der Waals surface area contributed by atoms with Crippen molar-refractivity contribution in [3.8, 4) is 0 Å². The molecule has 1 aromatic heterocycles. The Labute approximate surface area is 154 Å². The van der Waals surface area contributed by atoms with Crippen molar-refractivity contribution in [3.05, 3.63) is 65.0 Å². The van der Waals surface area contributed by atoms with Crippen molar-refractivity contribution in [1.29, 1.82) is 0 Å². The fraction of sp³-hybridized carbons (Fsp3) is 0.450. The van der Waals surface area contributed by atoms with Gasteiger partial charge in [-0.15, -0.1) is 5.10 Å². The first kappa shape index (κ1) is 18.5. The Morgan fingerprint density at radius 3 is 2.88 bits per heavy atom. The summed E-state index contributed by atoms with van der Waals surface area (Å²) in [5.41, 5.74) is 3.56. The first-order valence-electron chi connectivity index (χ1n) is 9.21. The van der Waals surface area contributed by atoms with Crippen molar-refractivity contribution in [1.82, 2.24) is 20.6 Å². The van der Waals surface area contributed by atoms with E-state index in [1.54, 1.807) is 0 Å². The van der Waals surface area contributed by atoms with Crippen LogP contribution in [-0.4, -0.2) is 38.4 Å². The summed E-state index contributed by atoms with van der Waals surface area (Å²) in [7, 11) is 0. The molecule has 138 valence electrons. The molecule has 1 heterocycles. The third-order valence-electron chi connectivity index (χ3n) is 4.64. The topological polar surface area (TPSA) is 83.9 Å². The second-order valence-electron chi connectivity index (χ2n) is 6.58. The van der Waals surface area contributed by atoms with Gasteiger partial charge in [-0.25, -0.2) is 5.10 Å². The van der Waals surface area contributed by atoms with E-state index in [1.807, 2.05) is 18.2 Å². The maximum absolute atomic E-state index is 10.2. The minimum atomic E-state index is -0.324. The van der Waals surface area contributed by atoms with Crippen molar-refractivity contribution in [3.63, 3.8) is 0 Å². The van der Waals surface area contributed by atoms with Crippen LogP contribution in [0.15, 0.2) is 53.6 Å². The lowest BCUT2D eigenvalue weighted by Gasteiger charge is -2.10. The fourth-order valence-electron chi connectivity index (χ4n) is 3.19. The summed E-state index contributed by atoms with van der Waals surface area (Å²) in [6, 6.07) is 10.2. The van der Waals surface area contributed by atoms with Gasteiger partial charge in [0, 0.05) is 6.42 Å². The highest BCUT2D eigenvalue weighted by atomic mass is 16.5. The maximum atomic E-state index is 10.2. The van der Waals surface area contributed by atoms with Crippen molar-refractivity contribution in [2.45, 2.75) is 51.2 Å². The number of aromatic amines is 1. The average molecular weight is 354 g/mol. The number of hydrogen-bond donors (Lipinski definition) is 2. The molecule has 2 N–H and O–H groups in total. The van der Waals surface area contributed by atoms with Gasteiger partial charge in [-0.05, 0) is 59.2 Å². The van der Waals surface area contributed by atoms with E-state index in [2.05, 4.69) is 44.9 Å². The highest BCUT2D eigenvalue weighted by Crippen LogP contribution is 2.29. The molecule has 3 rings (SSSR count). The molecule has 1 aromatic carbocycles. The van der Waals surface area contributed by atoms with E-state index in [-0.39, 0.29) is 6.10 Å². The van der Waals surface area contributed by atoms with Gasteiger partial charge < -0.3 is 9.84 Å². The second kappa shape index (κ2) is 9.99. The Balaban J connectivity index is 1.41. The number of aliphatic hydroxyl groups excluding tert-OH is 1. The molecule has 1 unspecified atom stereocenters. The lowest BCUT2D eigenvalue weighted by molar-refractivity contribution is 0.141. The van der Waals surface area contributed by atoms with E-state index >= 15 is 0 Å². The molecular formula is C20H26N4O2. The average Bonchev–Trinajstić information content (AvgIpc) is 3.30. The monoisotopic (exact) mass is 354 g/mol. The van der Waals surface area contributed by atoms with Crippen molar-refractivity contribution in [2.75, 3.05) is 6.61 Å². The number of benzene rings is 1. The lowest BCUT2D eigenvalue weighted by Crippen LogP contribution is -2.05. The Bertz CT molecular complexity index is 711. The highest BCUT2D eigenvalue weighted by Gasteiger charge is 2.22. The largest absolute Gasteiger partial charge is 0.389 e. The van der Waals surface area contributed by atoms with E-state index in [1.165, 1.54) is 11.1 Å². The van der Waals surface area contributed by atoms with Crippen LogP contribution in [0.25, 0.3) is 0 Å². The van der Waals surface area contributed by atoms with E-state index in [0.29, 0.717) is 13.2 Å². The minimum Gasteiger partial charge on any atom is -0.389 e. The molecule has 6 heteroatoms. The van der Waals surface area contributed by atoms with Crippen LogP contribution in [0.4, 0.5) is 0 Å². The third kappa shape index (κ3) is 5.61. The van der Waals surface area contributed by atoms with Gasteiger partial charge in [-0.1, -0.05) is 42.5 Å². The van der Waals surface area contributed by atoms with Crippen molar-refractivity contribution < 1.29 is 9.84 Å². The summed E-state index contributed by atoms with van der Waals surface area (Å²) < 4.78 is 5.85. The number of tetrazole rings is 1. The molecule has 2 aromatic rings. The fourth-order valence-corrected chi connectivity index (χ4v) is 3.19. The molecule has 1 aliphatic carbocycles. The summed E-state index contributed by atoms with van der Waals surface area (Å²) in [6.45, 7) is 1.22. The normalized spacial score (nSPS) is 17.5. The number of unbranched alkanes of at least 4 members (excludes halogenated alkanes) is 1. The number of hydrogen-bond acceptors (Lipinski definition) is 5. The van der Waals surface area contributed by atoms with Gasteiger partial charge in [0.05, 0.1) is 19.3 Å². The minimum absolute atomic E-state index is 0.324. The third-order valence-corrected chi connectivity index (χ3v) is 4.64. The Hall–Kier alpha value is -2.31. The predicted molar refractivity (Wildman–Crippen MR) is 99.2 cm³/mol. The summed E-state index contributed by atoms with van der Waals surface area (Å²) in [4.78, 5) is 0. The van der Waals surface area contributed by atoms with Gasteiger partial charge in [0.25, 0.3) is 0 Å². The number of nitrogens with one attached hydrogen (secondary N) is 1. The molecule has 0 saturated heterocycles. The van der Waals surface area contributed by atoms with Gasteiger partial charge >= 0.3 is 0 Å². The van der Waals surface area contributed by atoms with Crippen LogP contribution in [0.5, 0.6) is 0 Å². The van der Waals surface area contributed by atoms with Crippen LogP contribution in [0, 0.1) is 0 Å². The summed E-state index contributed by atoms with van der Waals surface area (Å²) >= 11 is 0. The Morgan fingerprint density at radius 1 is 1.19 bits per heavy atom. The molecule has 1 atom stereocenters. The van der Waals surface area contributed by atoms with Crippen molar-refractivity contribution >= 4 is 0 Å². The van der Waals surface area contributed by atoms with E-state index in [9.17, 15) is 5.11 Å². The molecule has 0 spiro atoms. The summed E-state index contributed by atoms with van der Waals surface area (Å²) in [5.74, 6) is 0.824. The first-order chi connectivity index (χ1) is 12.8. The molecule has 1 aliphatic rings. The van der Waals surface area contributed by atoms with Crippen LogP contribution in [0.3, 0.4) is 0 Å². The molecule has 0 amide bonds. The van der Waals surface area contributed by atoms with Crippen LogP contribution in [0.1, 0.15) is 43.5 Å². The van der Waals surface area contributed by atoms with Crippen LogP contribution in [-0.2, 0) is 17.8 Å². The zero-order valence-corrected chi connectivity index (χ0v) is 15.0. The molecule has 0 saturated carbocycles. The number of aromatic nitrogens is 4. The number of ether oxygens (including phenoxy) is 1. The first-order valence-corrected chi connectivity index (χ1v) is 9.21. The van der Waals surface area contributed by atoms with Crippen LogP contribution < -0.4 is 0 Å². The summed E-state index contributed by atoms with van der Waals surface area (Å²) in [6.07, 6.45) is 9.37. The zero-order valence-electron chi connectivity index (χ0n) is 15.0. The van der Waals surface area contributed by atoms with E-state index < -0.39 is 0 Å². The number of rotatable bonds is 10. The number of allylic oxidation sites excluding steroid dienone is 2. The molecular weight excluding hydrogens is 328 g/mol. The maximum Gasteiger partial charge on any atom is 0.148 e. The highest BCUT2D eigenvalue weighted by molar-refractivity contribution is 5.26. The number of aryl methyl sites for hydroxylation is 1. The predicted octanol–water partition coefficient (Wildman–Crippen LogP) is 3.14. The molecule has 0 radical (unpaired) electrons. The Kier molecular flexibility index (Phi) is 7.10. The number of H-pyrrole nitrogens is 1. The SMILES string of the molecule is OC1CCC(COCc2ccccc2)=C1C/C=C\CCCc1nnn[nH]1. The zero-order chi connectivity index (χ0) is 18.0. The number of aliphatic hydroxyl groups is 1. The van der Waals surface area contributed by atoms with Gasteiger partial charge in [0.15, 0.2) is 0 Å². The van der Waals surface area contributed by atoms with Gasteiger partial charge in [0.1, 0.15) is 5.82 Å². The van der Waals surface area contributed by atoms with E-state index in [4.69, 9.17) is 4.74 Å². The molecule has 26 heavy (non-hydrogen) atoms. The molecule has 0 aliphatic heterocycles. The standard InChI is InChI=1S/C20H26N4O2/c25-19-13-12-17(15-26-14-16-8-4-3-5-9-16)18(19)10-6-1-2-7-11-20-21-23-24-22-20/h1,3-6,8-9,19,25H,2,7,10-15H2,(H,21,22,23,24)/b6-1-. The van der Waals surface area contributed by atoms with Crippen LogP contribution >= 0.6 is 0 Å². The van der Waals surface area contributed by atoms with Gasteiger partial charge in [0.2, 0.25) is 0 Å². The van der Waals surface area contributed by atoms with Crippen molar-refractivity contribution in [2.24, 2.45) is 0 Å². The lowest BCUT2D eigenvalue weighted by atomic mass is 10.1. The quantitative estimate of drug-likeness (QED) is 0.506. The van der Waals surface area contributed by atoms with Crippen LogP contribution in [0.2, 0.25) is 0 Å². The smallest absolute Gasteiger partial charge is 0.148 e. The Morgan fingerprint density at radius 2 is 2.08 bits per heavy atom. The van der Waals surface area contributed by atoms with Gasteiger partial charge in [-0.2, -0.15) is 0 Å². The molecule has 0 fully saturated rings. The summed E-state index contributed by atoms with van der Waals surface area (Å²) in [5, 5.41) is 24.0. The molecule has 6 nitrogen and oxygen atoms in total. The van der Waals surface area contributed by atoms with E-state index in [0.717, 1.165) is 49.9 Å².